The molecule has 0 bridgehead atoms. The van der Waals surface area contributed by atoms with Crippen LogP contribution in [0.1, 0.15) is 26.7 Å². The normalized spacial score (nSPS) is 13.4. The molecule has 0 aliphatic rings. The van der Waals surface area contributed by atoms with Crippen molar-refractivity contribution < 1.29 is 18.4 Å². The van der Waals surface area contributed by atoms with E-state index in [0.717, 1.165) is 24.6 Å². The van der Waals surface area contributed by atoms with E-state index in [9.17, 15) is 23.6 Å². The summed E-state index contributed by atoms with van der Waals surface area (Å²) in [6.07, 6.45) is 1.52. The summed E-state index contributed by atoms with van der Waals surface area (Å²) >= 11 is 0. The summed E-state index contributed by atoms with van der Waals surface area (Å²) < 4.78 is 25.9. The summed E-state index contributed by atoms with van der Waals surface area (Å²) in [6, 6.07) is 2.84. The van der Waals surface area contributed by atoms with E-state index in [1.54, 1.807) is 6.92 Å². The molecule has 0 aromatic heterocycles. The summed E-state index contributed by atoms with van der Waals surface area (Å²) in [5.41, 5.74) is -0.623. The molecule has 20 heavy (non-hydrogen) atoms. The molecule has 0 aliphatic heterocycles. The Labute approximate surface area is 118 Å². The van der Waals surface area contributed by atoms with Gasteiger partial charge in [0.1, 0.15) is 0 Å². The molecular formula is C12H18N2O5S. The van der Waals surface area contributed by atoms with Crippen LogP contribution in [0.4, 0.5) is 5.69 Å². The second kappa shape index (κ2) is 6.19. The maximum absolute atomic E-state index is 12.4. The highest BCUT2D eigenvalue weighted by Crippen LogP contribution is 2.29. The summed E-state index contributed by atoms with van der Waals surface area (Å²) in [6.45, 7) is 3.72. The average Bonchev–Trinajstić information content (AvgIpc) is 2.37. The molecular weight excluding hydrogens is 284 g/mol. The molecule has 8 heteroatoms. The molecule has 1 rings (SSSR count). The number of benzene rings is 1. The van der Waals surface area contributed by atoms with Crippen molar-refractivity contribution in [3.05, 3.63) is 28.3 Å². The lowest BCUT2D eigenvalue weighted by atomic mass is 10.2. The van der Waals surface area contributed by atoms with Crippen molar-refractivity contribution in [2.24, 2.45) is 0 Å². The molecule has 1 atom stereocenters. The smallest absolute Gasteiger partial charge is 0.312 e. The largest absolute Gasteiger partial charge is 0.502 e. The van der Waals surface area contributed by atoms with E-state index in [-0.39, 0.29) is 10.9 Å². The first-order chi connectivity index (χ1) is 9.21. The number of sulfonamides is 1. The van der Waals surface area contributed by atoms with E-state index in [1.165, 1.54) is 11.4 Å². The number of hydrogen-bond donors (Lipinski definition) is 1. The van der Waals surface area contributed by atoms with Crippen molar-refractivity contribution in [1.82, 2.24) is 4.31 Å². The summed E-state index contributed by atoms with van der Waals surface area (Å²) in [5.74, 6) is -0.557. The topological polar surface area (TPSA) is 101 Å². The lowest BCUT2D eigenvalue weighted by Crippen LogP contribution is -2.35. The fourth-order valence-electron chi connectivity index (χ4n) is 1.81. The second-order valence-electron chi connectivity index (χ2n) is 4.57. The fraction of sp³-hybridized carbons (Fsp3) is 0.500. The molecule has 0 heterocycles. The third-order valence-electron chi connectivity index (χ3n) is 3.15. The lowest BCUT2D eigenvalue weighted by Gasteiger charge is -2.23. The van der Waals surface area contributed by atoms with E-state index in [4.69, 9.17) is 0 Å². The molecule has 0 radical (unpaired) electrons. The van der Waals surface area contributed by atoms with Crippen molar-refractivity contribution in [1.29, 1.82) is 0 Å². The van der Waals surface area contributed by atoms with Crippen LogP contribution in [0.25, 0.3) is 0 Å². The zero-order chi connectivity index (χ0) is 15.5. The van der Waals surface area contributed by atoms with Gasteiger partial charge in [0, 0.05) is 19.2 Å². The highest BCUT2D eigenvalue weighted by atomic mass is 32.2. The molecule has 0 aliphatic carbocycles. The molecule has 0 fully saturated rings. The van der Waals surface area contributed by atoms with Gasteiger partial charge in [-0.15, -0.1) is 0 Å². The molecule has 1 N–H and O–H groups in total. The number of nitro groups is 1. The van der Waals surface area contributed by atoms with Crippen molar-refractivity contribution in [2.45, 2.75) is 37.6 Å². The van der Waals surface area contributed by atoms with Crippen LogP contribution in [0.5, 0.6) is 5.75 Å². The number of phenolic OH excluding ortho intramolecular Hbond substituents is 1. The second-order valence-corrected chi connectivity index (χ2v) is 6.56. The van der Waals surface area contributed by atoms with Gasteiger partial charge >= 0.3 is 5.69 Å². The Morgan fingerprint density at radius 1 is 1.45 bits per heavy atom. The number of nitro benzene ring substituents is 1. The molecule has 7 nitrogen and oxygen atoms in total. The van der Waals surface area contributed by atoms with Crippen LogP contribution in [-0.4, -0.2) is 35.8 Å². The van der Waals surface area contributed by atoms with Gasteiger partial charge < -0.3 is 5.11 Å². The Bertz CT molecular complexity index is 600. The molecule has 0 saturated heterocycles. The van der Waals surface area contributed by atoms with Crippen LogP contribution in [0.2, 0.25) is 0 Å². The summed E-state index contributed by atoms with van der Waals surface area (Å²) in [7, 11) is -2.38. The molecule has 0 amide bonds. The third-order valence-corrected chi connectivity index (χ3v) is 5.12. The third kappa shape index (κ3) is 3.26. The Balaban J connectivity index is 3.22. The van der Waals surface area contributed by atoms with Crippen LogP contribution in [0, 0.1) is 10.1 Å². The van der Waals surface area contributed by atoms with E-state index in [0.29, 0.717) is 6.42 Å². The Hall–Kier alpha value is -1.67. The van der Waals surface area contributed by atoms with Crippen LogP contribution in [0.3, 0.4) is 0 Å². The average molecular weight is 302 g/mol. The molecule has 0 spiro atoms. The summed E-state index contributed by atoms with van der Waals surface area (Å²) in [4.78, 5) is 9.73. The molecule has 1 aromatic rings. The predicted octanol–water partition coefficient (Wildman–Crippen LogP) is 2.11. The van der Waals surface area contributed by atoms with Crippen molar-refractivity contribution in [3.8, 4) is 5.75 Å². The van der Waals surface area contributed by atoms with Crippen LogP contribution < -0.4 is 0 Å². The minimum absolute atomic E-state index is 0.201. The minimum Gasteiger partial charge on any atom is -0.502 e. The Morgan fingerprint density at radius 2 is 2.05 bits per heavy atom. The quantitative estimate of drug-likeness (QED) is 0.640. The van der Waals surface area contributed by atoms with Gasteiger partial charge in [-0.1, -0.05) is 13.3 Å². The molecule has 1 unspecified atom stereocenters. The lowest BCUT2D eigenvalue weighted by molar-refractivity contribution is -0.386. The Morgan fingerprint density at radius 3 is 2.55 bits per heavy atom. The van der Waals surface area contributed by atoms with Gasteiger partial charge in [-0.3, -0.25) is 10.1 Å². The van der Waals surface area contributed by atoms with Crippen LogP contribution in [0.15, 0.2) is 23.1 Å². The van der Waals surface area contributed by atoms with E-state index < -0.39 is 26.4 Å². The monoisotopic (exact) mass is 302 g/mol. The van der Waals surface area contributed by atoms with Gasteiger partial charge in [0.05, 0.1) is 9.82 Å². The number of phenols is 1. The van der Waals surface area contributed by atoms with Gasteiger partial charge in [-0.25, -0.2) is 8.42 Å². The van der Waals surface area contributed by atoms with Crippen LogP contribution in [-0.2, 0) is 10.0 Å². The summed E-state index contributed by atoms with van der Waals surface area (Å²) in [5, 5.41) is 20.1. The SMILES string of the molecule is CCCC(C)N(C)S(=O)(=O)c1ccc(O)c([N+](=O)[O-])c1. The zero-order valence-corrected chi connectivity index (χ0v) is 12.4. The number of rotatable bonds is 6. The fourth-order valence-corrected chi connectivity index (χ4v) is 3.22. The zero-order valence-electron chi connectivity index (χ0n) is 11.6. The van der Waals surface area contributed by atoms with Crippen molar-refractivity contribution in [2.75, 3.05) is 7.05 Å². The number of nitrogens with zero attached hydrogens (tertiary/aromatic N) is 2. The molecule has 1 aromatic carbocycles. The van der Waals surface area contributed by atoms with Crippen molar-refractivity contribution in [3.63, 3.8) is 0 Å². The van der Waals surface area contributed by atoms with Gasteiger partial charge in [0.2, 0.25) is 10.0 Å². The highest BCUT2D eigenvalue weighted by molar-refractivity contribution is 7.89. The van der Waals surface area contributed by atoms with Crippen molar-refractivity contribution >= 4 is 15.7 Å². The van der Waals surface area contributed by atoms with Gasteiger partial charge in [0.15, 0.2) is 5.75 Å². The van der Waals surface area contributed by atoms with Crippen LogP contribution >= 0.6 is 0 Å². The maximum Gasteiger partial charge on any atom is 0.312 e. The Kier molecular flexibility index (Phi) is 5.07. The number of aromatic hydroxyl groups is 1. The van der Waals surface area contributed by atoms with Gasteiger partial charge in [-0.2, -0.15) is 4.31 Å². The predicted molar refractivity (Wildman–Crippen MR) is 74.1 cm³/mol. The van der Waals surface area contributed by atoms with E-state index in [1.807, 2.05) is 6.92 Å². The minimum atomic E-state index is -3.82. The standard InChI is InChI=1S/C12H18N2O5S/c1-4-5-9(2)13(3)20(18,19)10-6-7-12(15)11(8-10)14(16)17/h6-9,15H,4-5H2,1-3H3. The van der Waals surface area contributed by atoms with Gasteiger partial charge in [-0.05, 0) is 25.5 Å². The first kappa shape index (κ1) is 16.4. The molecule has 0 saturated carbocycles. The van der Waals surface area contributed by atoms with E-state index in [2.05, 4.69) is 0 Å². The molecule has 112 valence electrons. The van der Waals surface area contributed by atoms with Gasteiger partial charge in [0.25, 0.3) is 0 Å². The first-order valence-electron chi connectivity index (χ1n) is 6.17. The number of hydrogen-bond acceptors (Lipinski definition) is 5. The first-order valence-corrected chi connectivity index (χ1v) is 7.61. The van der Waals surface area contributed by atoms with E-state index >= 15 is 0 Å². The maximum atomic E-state index is 12.4. The highest BCUT2D eigenvalue weighted by Gasteiger charge is 2.27.